The summed E-state index contributed by atoms with van der Waals surface area (Å²) in [5.74, 6) is 1.72. The van der Waals surface area contributed by atoms with E-state index in [0.717, 1.165) is 34.7 Å². The zero-order valence-corrected chi connectivity index (χ0v) is 16.6. The van der Waals surface area contributed by atoms with E-state index in [0.29, 0.717) is 0 Å². The van der Waals surface area contributed by atoms with Gasteiger partial charge < -0.3 is 9.30 Å². The second kappa shape index (κ2) is 8.26. The first-order chi connectivity index (χ1) is 14.9. The second-order valence-corrected chi connectivity index (χ2v) is 7.25. The van der Waals surface area contributed by atoms with Crippen molar-refractivity contribution in [1.29, 1.82) is 0 Å². The number of benzene rings is 4. The summed E-state index contributed by atoms with van der Waals surface area (Å²) in [4.78, 5) is 5.02. The fourth-order valence-electron chi connectivity index (χ4n) is 3.76. The van der Waals surface area contributed by atoms with E-state index in [2.05, 4.69) is 59.2 Å². The van der Waals surface area contributed by atoms with Crippen LogP contribution in [0, 0.1) is 0 Å². The van der Waals surface area contributed by atoms with Crippen molar-refractivity contribution < 1.29 is 4.74 Å². The first-order valence-corrected chi connectivity index (χ1v) is 10.1. The number of aromatic nitrogens is 2. The lowest BCUT2D eigenvalue weighted by molar-refractivity contribution is 0.232. The third kappa shape index (κ3) is 3.70. The van der Waals surface area contributed by atoms with E-state index in [4.69, 9.17) is 9.72 Å². The van der Waals surface area contributed by atoms with Crippen molar-refractivity contribution in [1.82, 2.24) is 9.55 Å². The Bertz CT molecular complexity index is 1230. The number of ether oxygens (including phenoxy) is 1. The molecule has 5 aromatic rings. The lowest BCUT2D eigenvalue weighted by Crippen LogP contribution is -2.16. The molecule has 0 spiro atoms. The summed E-state index contributed by atoms with van der Waals surface area (Å²) in [5, 5.41) is 0. The maximum atomic E-state index is 6.51. The highest BCUT2D eigenvalue weighted by Gasteiger charge is 2.24. The molecule has 0 aliphatic carbocycles. The first-order valence-electron chi connectivity index (χ1n) is 10.1. The van der Waals surface area contributed by atoms with Crippen LogP contribution in [0.5, 0.6) is 5.75 Å². The van der Waals surface area contributed by atoms with Gasteiger partial charge in [0, 0.05) is 12.1 Å². The van der Waals surface area contributed by atoms with Gasteiger partial charge in [-0.3, -0.25) is 0 Å². The summed E-state index contributed by atoms with van der Waals surface area (Å²) in [6.45, 7) is 0.734. The molecule has 0 radical (unpaired) electrons. The van der Waals surface area contributed by atoms with Crippen LogP contribution in [0.2, 0.25) is 0 Å². The van der Waals surface area contributed by atoms with Crippen LogP contribution in [0.15, 0.2) is 115 Å². The number of para-hydroxylation sites is 3. The Morgan fingerprint density at radius 2 is 1.27 bits per heavy atom. The zero-order valence-electron chi connectivity index (χ0n) is 16.6. The van der Waals surface area contributed by atoms with Crippen molar-refractivity contribution in [2.75, 3.05) is 0 Å². The Hall–Kier alpha value is -3.85. The zero-order chi connectivity index (χ0) is 20.2. The summed E-state index contributed by atoms with van der Waals surface area (Å²) < 4.78 is 8.78. The fraction of sp³-hybridized carbons (Fsp3) is 0.0741. The number of nitrogens with zero attached hydrogens (tertiary/aromatic N) is 2. The van der Waals surface area contributed by atoms with E-state index in [1.165, 1.54) is 5.56 Å². The minimum atomic E-state index is -0.315. The van der Waals surface area contributed by atoms with Gasteiger partial charge in [0.25, 0.3) is 0 Å². The summed E-state index contributed by atoms with van der Waals surface area (Å²) in [5.41, 5.74) is 4.38. The minimum absolute atomic E-state index is 0.315. The van der Waals surface area contributed by atoms with Crippen molar-refractivity contribution >= 4 is 11.0 Å². The van der Waals surface area contributed by atoms with Gasteiger partial charge in [-0.05, 0) is 29.8 Å². The van der Waals surface area contributed by atoms with Crippen LogP contribution in [0.1, 0.15) is 23.1 Å². The smallest absolute Gasteiger partial charge is 0.181 e. The molecule has 0 unspecified atom stereocenters. The molecule has 3 heteroatoms. The molecule has 5 rings (SSSR count). The minimum Gasteiger partial charge on any atom is -0.478 e. The van der Waals surface area contributed by atoms with Crippen LogP contribution < -0.4 is 4.74 Å². The van der Waals surface area contributed by atoms with Gasteiger partial charge in [0.05, 0.1) is 11.0 Å². The van der Waals surface area contributed by atoms with Gasteiger partial charge in [-0.2, -0.15) is 0 Å². The summed E-state index contributed by atoms with van der Waals surface area (Å²) in [6.07, 6.45) is -0.315. The molecule has 0 aliphatic rings. The lowest BCUT2D eigenvalue weighted by Gasteiger charge is -2.21. The predicted octanol–water partition coefficient (Wildman–Crippen LogP) is 6.25. The lowest BCUT2D eigenvalue weighted by atomic mass is 10.1. The van der Waals surface area contributed by atoms with Crippen molar-refractivity contribution in [3.63, 3.8) is 0 Å². The van der Waals surface area contributed by atoms with Crippen molar-refractivity contribution in [2.45, 2.75) is 12.6 Å². The highest BCUT2D eigenvalue weighted by molar-refractivity contribution is 5.76. The third-order valence-corrected chi connectivity index (χ3v) is 5.20. The third-order valence-electron chi connectivity index (χ3n) is 5.20. The van der Waals surface area contributed by atoms with Crippen LogP contribution in [-0.2, 0) is 6.54 Å². The maximum absolute atomic E-state index is 6.51. The molecule has 30 heavy (non-hydrogen) atoms. The van der Waals surface area contributed by atoms with Gasteiger partial charge in [0.1, 0.15) is 5.75 Å². The molecule has 146 valence electrons. The summed E-state index contributed by atoms with van der Waals surface area (Å²) in [7, 11) is 0. The van der Waals surface area contributed by atoms with Gasteiger partial charge >= 0.3 is 0 Å². The number of fused-ring (bicyclic) bond motifs is 1. The van der Waals surface area contributed by atoms with Gasteiger partial charge in [0.15, 0.2) is 11.9 Å². The van der Waals surface area contributed by atoms with Gasteiger partial charge in [0.2, 0.25) is 0 Å². The van der Waals surface area contributed by atoms with E-state index in [1.807, 2.05) is 60.7 Å². The quantitative estimate of drug-likeness (QED) is 0.342. The Balaban J connectivity index is 1.66. The molecule has 0 bridgehead atoms. The molecule has 1 heterocycles. The average molecular weight is 390 g/mol. The van der Waals surface area contributed by atoms with Crippen LogP contribution in [-0.4, -0.2) is 9.55 Å². The van der Waals surface area contributed by atoms with Crippen molar-refractivity contribution in [2.24, 2.45) is 0 Å². The number of imidazole rings is 1. The number of hydrogen-bond donors (Lipinski definition) is 0. The molecular weight excluding hydrogens is 368 g/mol. The molecule has 0 saturated carbocycles. The average Bonchev–Trinajstić information content (AvgIpc) is 3.17. The van der Waals surface area contributed by atoms with E-state index < -0.39 is 0 Å². The van der Waals surface area contributed by atoms with Crippen LogP contribution in [0.4, 0.5) is 0 Å². The van der Waals surface area contributed by atoms with Crippen molar-refractivity contribution in [3.8, 4) is 5.75 Å². The summed E-state index contributed by atoms with van der Waals surface area (Å²) in [6, 6.07) is 39.0. The maximum Gasteiger partial charge on any atom is 0.181 e. The molecule has 1 atom stereocenters. The van der Waals surface area contributed by atoms with E-state index in [1.54, 1.807) is 0 Å². The van der Waals surface area contributed by atoms with E-state index in [9.17, 15) is 0 Å². The number of rotatable bonds is 6. The Morgan fingerprint density at radius 3 is 2.00 bits per heavy atom. The van der Waals surface area contributed by atoms with Crippen LogP contribution >= 0.6 is 0 Å². The Kier molecular flexibility index (Phi) is 5.01. The molecule has 0 amide bonds. The van der Waals surface area contributed by atoms with E-state index in [-0.39, 0.29) is 6.10 Å². The largest absolute Gasteiger partial charge is 0.478 e. The Morgan fingerprint density at radius 1 is 0.667 bits per heavy atom. The molecule has 1 aromatic heterocycles. The molecule has 0 fully saturated rings. The number of hydrogen-bond acceptors (Lipinski definition) is 2. The van der Waals surface area contributed by atoms with Gasteiger partial charge in [-0.15, -0.1) is 0 Å². The summed E-state index contributed by atoms with van der Waals surface area (Å²) >= 11 is 0. The highest BCUT2D eigenvalue weighted by atomic mass is 16.5. The SMILES string of the molecule is c1ccc(Cn2c([C@@H](Oc3ccccc3)c3ccccc3)nc3ccccc32)cc1. The Labute approximate surface area is 176 Å². The van der Waals surface area contributed by atoms with Crippen LogP contribution in [0.25, 0.3) is 11.0 Å². The molecule has 3 nitrogen and oxygen atoms in total. The standard InChI is InChI=1S/C27H22N2O/c1-4-12-21(13-5-1)20-29-25-19-11-10-18-24(25)28-27(29)26(22-14-6-2-7-15-22)30-23-16-8-3-9-17-23/h1-19,26H,20H2/t26-/m0/s1. The molecular formula is C27H22N2O. The fourth-order valence-corrected chi connectivity index (χ4v) is 3.76. The van der Waals surface area contributed by atoms with Gasteiger partial charge in [-0.1, -0.05) is 91.0 Å². The topological polar surface area (TPSA) is 27.1 Å². The molecule has 0 N–H and O–H groups in total. The molecule has 0 aliphatic heterocycles. The normalized spacial score (nSPS) is 12.0. The highest BCUT2D eigenvalue weighted by Crippen LogP contribution is 2.31. The first kappa shape index (κ1) is 18.2. The van der Waals surface area contributed by atoms with Gasteiger partial charge in [-0.25, -0.2) is 4.98 Å². The van der Waals surface area contributed by atoms with Crippen molar-refractivity contribution in [3.05, 3.63) is 132 Å². The monoisotopic (exact) mass is 390 g/mol. The van der Waals surface area contributed by atoms with E-state index >= 15 is 0 Å². The van der Waals surface area contributed by atoms with Crippen LogP contribution in [0.3, 0.4) is 0 Å². The molecule has 0 saturated heterocycles. The molecule has 4 aromatic carbocycles. The predicted molar refractivity (Wildman–Crippen MR) is 121 cm³/mol. The second-order valence-electron chi connectivity index (χ2n) is 7.25.